The van der Waals surface area contributed by atoms with Gasteiger partial charge in [-0.05, 0) is 30.7 Å². The number of para-hydroxylation sites is 1. The number of rotatable bonds is 5. The highest BCUT2D eigenvalue weighted by Crippen LogP contribution is 2.28. The van der Waals surface area contributed by atoms with Crippen LogP contribution in [-0.2, 0) is 7.05 Å². The molecule has 28 heavy (non-hydrogen) atoms. The molecule has 6 heteroatoms. The van der Waals surface area contributed by atoms with Gasteiger partial charge in [0.05, 0.1) is 7.11 Å². The fourth-order valence-electron chi connectivity index (χ4n) is 3.36. The number of fused-ring (bicyclic) bond motifs is 1. The Bertz CT molecular complexity index is 1140. The first kappa shape index (κ1) is 17.9. The van der Waals surface area contributed by atoms with Gasteiger partial charge in [-0.15, -0.1) is 0 Å². The molecule has 2 aromatic carbocycles. The summed E-state index contributed by atoms with van der Waals surface area (Å²) in [5.74, 6) is 1.45. The number of carbonyl (C=O) groups is 1. The van der Waals surface area contributed by atoms with Crippen LogP contribution in [0.2, 0.25) is 0 Å². The van der Waals surface area contributed by atoms with E-state index in [2.05, 4.69) is 10.3 Å². The predicted octanol–water partition coefficient (Wildman–Crippen LogP) is 4.00. The molecule has 0 aliphatic carbocycles. The van der Waals surface area contributed by atoms with Gasteiger partial charge in [0.15, 0.2) is 5.76 Å². The second-order valence-electron chi connectivity index (χ2n) is 6.63. The van der Waals surface area contributed by atoms with Gasteiger partial charge in [-0.2, -0.15) is 0 Å². The zero-order chi connectivity index (χ0) is 19.7. The number of ether oxygens (including phenoxy) is 1. The number of aromatic nitrogens is 2. The lowest BCUT2D eigenvalue weighted by Gasteiger charge is -2.19. The number of hydrogen-bond acceptors (Lipinski definition) is 4. The number of carbonyl (C=O) groups excluding carboxylic acids is 1. The van der Waals surface area contributed by atoms with E-state index in [-0.39, 0.29) is 5.91 Å². The minimum atomic E-state index is -0.449. The second kappa shape index (κ2) is 7.23. The molecule has 0 spiro atoms. The van der Waals surface area contributed by atoms with E-state index in [4.69, 9.17) is 9.15 Å². The van der Waals surface area contributed by atoms with Crippen LogP contribution in [-0.4, -0.2) is 22.6 Å². The number of nitrogens with one attached hydrogen (secondary N) is 1. The molecule has 0 fully saturated rings. The summed E-state index contributed by atoms with van der Waals surface area (Å²) >= 11 is 0. The van der Waals surface area contributed by atoms with Crippen molar-refractivity contribution in [1.82, 2.24) is 14.9 Å². The Labute approximate surface area is 162 Å². The molecule has 2 heterocycles. The van der Waals surface area contributed by atoms with Crippen LogP contribution in [0.25, 0.3) is 11.0 Å². The Morgan fingerprint density at radius 3 is 2.75 bits per heavy atom. The molecular formula is C22H21N3O3. The number of benzene rings is 2. The van der Waals surface area contributed by atoms with Gasteiger partial charge in [0.25, 0.3) is 5.91 Å². The van der Waals surface area contributed by atoms with Gasteiger partial charge >= 0.3 is 0 Å². The van der Waals surface area contributed by atoms with Crippen LogP contribution < -0.4 is 10.1 Å². The Morgan fingerprint density at radius 1 is 1.21 bits per heavy atom. The largest absolute Gasteiger partial charge is 0.497 e. The highest BCUT2D eigenvalue weighted by Gasteiger charge is 2.25. The predicted molar refractivity (Wildman–Crippen MR) is 106 cm³/mol. The van der Waals surface area contributed by atoms with E-state index in [9.17, 15) is 4.79 Å². The molecule has 4 rings (SSSR count). The van der Waals surface area contributed by atoms with E-state index in [0.717, 1.165) is 22.3 Å². The fraction of sp³-hybridized carbons (Fsp3) is 0.182. The third kappa shape index (κ3) is 3.13. The summed E-state index contributed by atoms with van der Waals surface area (Å²) in [6, 6.07) is 14.8. The van der Waals surface area contributed by atoms with Crippen LogP contribution in [0.1, 0.15) is 33.5 Å². The maximum absolute atomic E-state index is 13.1. The van der Waals surface area contributed by atoms with E-state index in [1.807, 2.05) is 73.3 Å². The Kier molecular flexibility index (Phi) is 4.61. The summed E-state index contributed by atoms with van der Waals surface area (Å²) in [6.45, 7) is 1.89. The molecule has 1 atom stereocenters. The lowest BCUT2D eigenvalue weighted by atomic mass is 10.0. The summed E-state index contributed by atoms with van der Waals surface area (Å²) in [7, 11) is 3.51. The van der Waals surface area contributed by atoms with Crippen molar-refractivity contribution in [2.75, 3.05) is 7.11 Å². The van der Waals surface area contributed by atoms with Crippen molar-refractivity contribution in [2.45, 2.75) is 13.0 Å². The minimum absolute atomic E-state index is 0.287. The summed E-state index contributed by atoms with van der Waals surface area (Å²) in [6.07, 6.45) is 3.56. The van der Waals surface area contributed by atoms with Crippen molar-refractivity contribution in [2.24, 2.45) is 7.05 Å². The molecule has 1 amide bonds. The van der Waals surface area contributed by atoms with Crippen LogP contribution in [0.4, 0.5) is 0 Å². The van der Waals surface area contributed by atoms with Gasteiger partial charge in [-0.25, -0.2) is 4.98 Å². The summed E-state index contributed by atoms with van der Waals surface area (Å²) in [4.78, 5) is 17.5. The summed E-state index contributed by atoms with van der Waals surface area (Å²) in [5, 5.41) is 4.01. The van der Waals surface area contributed by atoms with E-state index in [1.54, 1.807) is 13.3 Å². The Balaban J connectivity index is 1.73. The monoisotopic (exact) mass is 375 g/mol. The molecule has 142 valence electrons. The quantitative estimate of drug-likeness (QED) is 0.572. The SMILES string of the molecule is COc1cccc(C(NC(=O)c2oc3ccccc3c2C)c2nccn2C)c1. The standard InChI is InChI=1S/C22H21N3O3/c1-14-17-9-4-5-10-18(17)28-20(14)22(26)24-19(21-23-11-12-25(21)2)15-7-6-8-16(13-15)27-3/h4-13,19H,1-3H3,(H,24,26). The molecule has 1 N–H and O–H groups in total. The zero-order valence-corrected chi connectivity index (χ0v) is 16.0. The average Bonchev–Trinajstić information content (AvgIpc) is 3.29. The Morgan fingerprint density at radius 2 is 2.04 bits per heavy atom. The summed E-state index contributed by atoms with van der Waals surface area (Å²) in [5.41, 5.74) is 2.38. The molecule has 1 unspecified atom stereocenters. The van der Waals surface area contributed by atoms with Crippen molar-refractivity contribution in [1.29, 1.82) is 0 Å². The first-order chi connectivity index (χ1) is 13.6. The molecule has 0 radical (unpaired) electrons. The minimum Gasteiger partial charge on any atom is -0.497 e. The number of nitrogens with zero attached hydrogens (tertiary/aromatic N) is 2. The maximum Gasteiger partial charge on any atom is 0.288 e. The number of imidazole rings is 1. The molecule has 0 saturated carbocycles. The van der Waals surface area contributed by atoms with Crippen molar-refractivity contribution in [3.05, 3.63) is 83.6 Å². The number of aryl methyl sites for hydroxylation is 2. The van der Waals surface area contributed by atoms with E-state index >= 15 is 0 Å². The molecule has 6 nitrogen and oxygen atoms in total. The van der Waals surface area contributed by atoms with Crippen molar-refractivity contribution in [3.63, 3.8) is 0 Å². The normalized spacial score (nSPS) is 12.1. The van der Waals surface area contributed by atoms with Gasteiger partial charge in [0.1, 0.15) is 23.2 Å². The fourth-order valence-corrected chi connectivity index (χ4v) is 3.36. The van der Waals surface area contributed by atoms with Crippen LogP contribution >= 0.6 is 0 Å². The van der Waals surface area contributed by atoms with Crippen molar-refractivity contribution >= 4 is 16.9 Å². The number of methoxy groups -OCH3 is 1. The van der Waals surface area contributed by atoms with E-state index < -0.39 is 6.04 Å². The topological polar surface area (TPSA) is 69.3 Å². The number of hydrogen-bond donors (Lipinski definition) is 1. The van der Waals surface area contributed by atoms with Crippen molar-refractivity contribution < 1.29 is 13.9 Å². The molecule has 0 aliphatic heterocycles. The highest BCUT2D eigenvalue weighted by atomic mass is 16.5. The molecule has 0 saturated heterocycles. The van der Waals surface area contributed by atoms with Crippen LogP contribution in [0.5, 0.6) is 5.75 Å². The van der Waals surface area contributed by atoms with E-state index in [1.165, 1.54) is 0 Å². The Hall–Kier alpha value is -3.54. The second-order valence-corrected chi connectivity index (χ2v) is 6.63. The lowest BCUT2D eigenvalue weighted by molar-refractivity contribution is 0.0914. The third-order valence-corrected chi connectivity index (χ3v) is 4.87. The number of furan rings is 1. The zero-order valence-electron chi connectivity index (χ0n) is 16.0. The first-order valence-electron chi connectivity index (χ1n) is 8.98. The van der Waals surface area contributed by atoms with Gasteiger partial charge in [-0.3, -0.25) is 4.79 Å². The molecule has 0 aliphatic rings. The molecule has 2 aromatic heterocycles. The maximum atomic E-state index is 13.1. The lowest BCUT2D eigenvalue weighted by Crippen LogP contribution is -2.31. The summed E-state index contributed by atoms with van der Waals surface area (Å²) < 4.78 is 13.1. The van der Waals surface area contributed by atoms with Gasteiger partial charge in [0.2, 0.25) is 0 Å². The van der Waals surface area contributed by atoms with Crippen LogP contribution in [0.15, 0.2) is 65.3 Å². The van der Waals surface area contributed by atoms with Gasteiger partial charge in [0, 0.05) is 30.4 Å². The van der Waals surface area contributed by atoms with Crippen LogP contribution in [0.3, 0.4) is 0 Å². The average molecular weight is 375 g/mol. The number of amides is 1. The third-order valence-electron chi connectivity index (χ3n) is 4.87. The highest BCUT2D eigenvalue weighted by molar-refractivity contribution is 5.99. The van der Waals surface area contributed by atoms with Crippen LogP contribution in [0, 0.1) is 6.92 Å². The van der Waals surface area contributed by atoms with Gasteiger partial charge in [-0.1, -0.05) is 30.3 Å². The molecule has 4 aromatic rings. The molecular weight excluding hydrogens is 354 g/mol. The smallest absolute Gasteiger partial charge is 0.288 e. The van der Waals surface area contributed by atoms with Crippen molar-refractivity contribution in [3.8, 4) is 5.75 Å². The molecule has 0 bridgehead atoms. The van der Waals surface area contributed by atoms with Gasteiger partial charge < -0.3 is 19.0 Å². The first-order valence-corrected chi connectivity index (χ1v) is 8.98. The van der Waals surface area contributed by atoms with E-state index in [0.29, 0.717) is 17.1 Å².